The van der Waals surface area contributed by atoms with E-state index in [1.165, 1.54) is 12.5 Å². The van der Waals surface area contributed by atoms with Gasteiger partial charge in [-0.2, -0.15) is 5.26 Å². The van der Waals surface area contributed by atoms with Crippen molar-refractivity contribution in [2.45, 2.75) is 58.1 Å². The Morgan fingerprint density at radius 3 is 2.62 bits per heavy atom. The Kier molecular flexibility index (Phi) is 6.30. The van der Waals surface area contributed by atoms with Crippen LogP contribution in [0.4, 0.5) is 0 Å². The van der Waals surface area contributed by atoms with Crippen molar-refractivity contribution in [2.75, 3.05) is 0 Å². The van der Waals surface area contributed by atoms with Crippen LogP contribution in [-0.2, 0) is 4.79 Å². The predicted octanol–water partition coefficient (Wildman–Crippen LogP) is 2.64. The Hall–Kier alpha value is -2.42. The molecule has 1 fully saturated rings. The van der Waals surface area contributed by atoms with Crippen LogP contribution in [0.15, 0.2) is 18.2 Å². The summed E-state index contributed by atoms with van der Waals surface area (Å²) in [5, 5.41) is 12.1. The lowest BCUT2D eigenvalue weighted by Crippen LogP contribution is -2.42. The summed E-state index contributed by atoms with van der Waals surface area (Å²) in [7, 11) is 0. The number of hydrogen-bond acceptors (Lipinski definition) is 5. The van der Waals surface area contributed by atoms with Gasteiger partial charge in [0.05, 0.1) is 12.2 Å². The fourth-order valence-corrected chi connectivity index (χ4v) is 2.77. The first-order chi connectivity index (χ1) is 11.5. The van der Waals surface area contributed by atoms with Crippen molar-refractivity contribution in [3.8, 4) is 11.9 Å². The molecule has 0 radical (unpaired) electrons. The molecule has 1 atom stereocenters. The fourth-order valence-electron chi connectivity index (χ4n) is 2.77. The molecule has 1 amide bonds. The Bertz CT molecular complexity index is 631. The van der Waals surface area contributed by atoms with Gasteiger partial charge < -0.3 is 10.1 Å². The summed E-state index contributed by atoms with van der Waals surface area (Å²) in [5.74, 6) is -2.21. The molecule has 1 aliphatic rings. The van der Waals surface area contributed by atoms with Gasteiger partial charge in [0.15, 0.2) is 5.92 Å². The van der Waals surface area contributed by atoms with Crippen molar-refractivity contribution in [1.29, 1.82) is 5.26 Å². The number of Topliss-reactive ketones (excluding diaryl/α,β-unsaturated/α-hetero) is 1. The molecule has 0 bridgehead atoms. The Morgan fingerprint density at radius 1 is 1.29 bits per heavy atom. The van der Waals surface area contributed by atoms with Crippen molar-refractivity contribution < 1.29 is 14.3 Å². The van der Waals surface area contributed by atoms with Crippen LogP contribution in [0.5, 0.6) is 5.88 Å². The molecule has 1 heterocycles. The number of nitriles is 1. The Morgan fingerprint density at radius 2 is 2.00 bits per heavy atom. The van der Waals surface area contributed by atoms with Crippen molar-refractivity contribution in [1.82, 2.24) is 10.3 Å². The minimum absolute atomic E-state index is 0.0541. The Balaban J connectivity index is 2.07. The van der Waals surface area contributed by atoms with E-state index in [1.54, 1.807) is 12.1 Å². The third-order valence-corrected chi connectivity index (χ3v) is 3.94. The second-order valence-electron chi connectivity index (χ2n) is 6.30. The number of nitrogens with zero attached hydrogens (tertiary/aromatic N) is 2. The molecule has 1 aromatic rings. The van der Waals surface area contributed by atoms with Gasteiger partial charge in [-0.25, -0.2) is 4.98 Å². The zero-order chi connectivity index (χ0) is 17.5. The third-order valence-electron chi connectivity index (χ3n) is 3.94. The van der Waals surface area contributed by atoms with Crippen molar-refractivity contribution in [2.24, 2.45) is 5.92 Å². The molecule has 2 rings (SSSR count). The maximum atomic E-state index is 12.5. The average Bonchev–Trinajstić information content (AvgIpc) is 2.56. The number of aromatic nitrogens is 1. The molecule has 128 valence electrons. The van der Waals surface area contributed by atoms with E-state index >= 15 is 0 Å². The highest BCUT2D eigenvalue weighted by atomic mass is 16.5. The van der Waals surface area contributed by atoms with Crippen LogP contribution in [0, 0.1) is 17.2 Å². The predicted molar refractivity (Wildman–Crippen MR) is 88.5 cm³/mol. The lowest BCUT2D eigenvalue weighted by molar-refractivity contribution is -0.123. The van der Waals surface area contributed by atoms with Crippen LogP contribution in [0.3, 0.4) is 0 Å². The molecular formula is C18H23N3O3. The molecule has 1 N–H and O–H groups in total. The quantitative estimate of drug-likeness (QED) is 0.640. The van der Waals surface area contributed by atoms with E-state index < -0.39 is 17.6 Å². The molecule has 1 saturated carbocycles. The number of rotatable bonds is 6. The van der Waals surface area contributed by atoms with Crippen LogP contribution in [-0.4, -0.2) is 28.8 Å². The molecule has 0 spiro atoms. The number of carbonyl (C=O) groups is 2. The first-order valence-corrected chi connectivity index (χ1v) is 8.39. The number of nitrogens with one attached hydrogen (secondary N) is 1. The van der Waals surface area contributed by atoms with Gasteiger partial charge >= 0.3 is 0 Å². The number of ketones is 1. The molecule has 0 saturated heterocycles. The van der Waals surface area contributed by atoms with Gasteiger partial charge in [0.2, 0.25) is 17.6 Å². The highest BCUT2D eigenvalue weighted by molar-refractivity contribution is 6.11. The number of ether oxygens (including phenoxy) is 1. The summed E-state index contributed by atoms with van der Waals surface area (Å²) < 4.78 is 5.45. The minimum Gasteiger partial charge on any atom is -0.475 e. The summed E-state index contributed by atoms with van der Waals surface area (Å²) in [6.07, 6.45) is 5.00. The van der Waals surface area contributed by atoms with Crippen LogP contribution >= 0.6 is 0 Å². The monoisotopic (exact) mass is 329 g/mol. The highest BCUT2D eigenvalue weighted by Gasteiger charge is 2.30. The van der Waals surface area contributed by atoms with Crippen molar-refractivity contribution >= 4 is 11.7 Å². The summed E-state index contributed by atoms with van der Waals surface area (Å²) in [5.41, 5.74) is 0.0681. The standard InChI is InChI=1S/C18H23N3O3/c1-12(2)24-16-10-6-9-15(21-16)17(22)14(11-19)18(23)20-13-7-4-3-5-8-13/h6,9-10,12-14H,3-5,7-8H2,1-2H3,(H,20,23)/t14-/m1/s1. The zero-order valence-corrected chi connectivity index (χ0v) is 14.1. The van der Waals surface area contributed by atoms with Crippen molar-refractivity contribution in [3.05, 3.63) is 23.9 Å². The van der Waals surface area contributed by atoms with Gasteiger partial charge in [0.1, 0.15) is 5.69 Å². The van der Waals surface area contributed by atoms with Crippen molar-refractivity contribution in [3.63, 3.8) is 0 Å². The van der Waals surface area contributed by atoms with Crippen LogP contribution in [0.1, 0.15) is 56.4 Å². The number of hydrogen-bond donors (Lipinski definition) is 1. The fraction of sp³-hybridized carbons (Fsp3) is 0.556. The van der Waals surface area contributed by atoms with Gasteiger partial charge in [-0.1, -0.05) is 25.3 Å². The molecule has 6 heteroatoms. The van der Waals surface area contributed by atoms with E-state index in [9.17, 15) is 14.9 Å². The molecule has 24 heavy (non-hydrogen) atoms. The SMILES string of the molecule is CC(C)Oc1cccc(C(=O)[C@@H](C#N)C(=O)NC2CCCCC2)n1. The van der Waals surface area contributed by atoms with Crippen LogP contribution in [0.2, 0.25) is 0 Å². The summed E-state index contributed by atoms with van der Waals surface area (Å²) >= 11 is 0. The number of pyridine rings is 1. The summed E-state index contributed by atoms with van der Waals surface area (Å²) in [6, 6.07) is 6.62. The highest BCUT2D eigenvalue weighted by Crippen LogP contribution is 2.19. The molecular weight excluding hydrogens is 306 g/mol. The van der Waals surface area contributed by atoms with E-state index in [1.807, 2.05) is 19.9 Å². The van der Waals surface area contributed by atoms with E-state index in [-0.39, 0.29) is 17.8 Å². The van der Waals surface area contributed by atoms with Crippen LogP contribution < -0.4 is 10.1 Å². The molecule has 6 nitrogen and oxygen atoms in total. The van der Waals surface area contributed by atoms with Gasteiger partial charge in [0, 0.05) is 12.1 Å². The molecule has 1 aromatic heterocycles. The van der Waals surface area contributed by atoms with E-state index in [0.29, 0.717) is 5.88 Å². The minimum atomic E-state index is -1.38. The smallest absolute Gasteiger partial charge is 0.245 e. The Labute approximate surface area is 142 Å². The largest absolute Gasteiger partial charge is 0.475 e. The first kappa shape index (κ1) is 17.9. The van der Waals surface area contributed by atoms with E-state index in [0.717, 1.165) is 25.7 Å². The van der Waals surface area contributed by atoms with E-state index in [2.05, 4.69) is 10.3 Å². The van der Waals surface area contributed by atoms with Gasteiger partial charge in [0.25, 0.3) is 0 Å². The molecule has 1 aliphatic carbocycles. The normalized spacial score (nSPS) is 16.2. The van der Waals surface area contributed by atoms with Crippen LogP contribution in [0.25, 0.3) is 0 Å². The molecule has 0 aromatic carbocycles. The summed E-state index contributed by atoms with van der Waals surface area (Å²) in [4.78, 5) is 28.9. The number of carbonyl (C=O) groups excluding carboxylic acids is 2. The second kappa shape index (κ2) is 8.44. The second-order valence-corrected chi connectivity index (χ2v) is 6.30. The van der Waals surface area contributed by atoms with E-state index in [4.69, 9.17) is 4.74 Å². The molecule has 0 unspecified atom stereocenters. The maximum Gasteiger partial charge on any atom is 0.245 e. The zero-order valence-electron chi connectivity index (χ0n) is 14.1. The average molecular weight is 329 g/mol. The lowest BCUT2D eigenvalue weighted by atomic mass is 9.94. The van der Waals surface area contributed by atoms with Gasteiger partial charge in [-0.15, -0.1) is 0 Å². The lowest BCUT2D eigenvalue weighted by Gasteiger charge is -2.23. The number of amides is 1. The van der Waals surface area contributed by atoms with Gasteiger partial charge in [-0.05, 0) is 32.8 Å². The molecule has 0 aliphatic heterocycles. The summed E-state index contributed by atoms with van der Waals surface area (Å²) in [6.45, 7) is 3.71. The maximum absolute atomic E-state index is 12.5. The topological polar surface area (TPSA) is 92.1 Å². The first-order valence-electron chi connectivity index (χ1n) is 8.39. The van der Waals surface area contributed by atoms with Gasteiger partial charge in [-0.3, -0.25) is 9.59 Å². The third kappa shape index (κ3) is 4.79.